The number of aryl methyl sites for hydroxylation is 2. The summed E-state index contributed by atoms with van der Waals surface area (Å²) < 4.78 is 2.30. The third kappa shape index (κ3) is 2.68. The average molecular weight is 374 g/mol. The summed E-state index contributed by atoms with van der Waals surface area (Å²) in [6.07, 6.45) is 1.54. The van der Waals surface area contributed by atoms with Crippen LogP contribution in [0.5, 0.6) is 0 Å². The van der Waals surface area contributed by atoms with Gasteiger partial charge in [-0.1, -0.05) is 30.3 Å². The smallest absolute Gasteiger partial charge is 0.321 e. The maximum atomic E-state index is 12.9. The Hall–Kier alpha value is -3.74. The number of amides is 1. The van der Waals surface area contributed by atoms with Crippen molar-refractivity contribution in [2.45, 2.75) is 6.92 Å². The first-order valence-electron chi connectivity index (χ1n) is 8.74. The van der Waals surface area contributed by atoms with Crippen LogP contribution in [0.3, 0.4) is 0 Å². The van der Waals surface area contributed by atoms with E-state index in [1.165, 1.54) is 17.8 Å². The molecule has 0 bridgehead atoms. The van der Waals surface area contributed by atoms with Crippen molar-refractivity contribution >= 4 is 33.4 Å². The molecule has 7 heteroatoms. The van der Waals surface area contributed by atoms with Gasteiger partial charge in [-0.3, -0.25) is 18.7 Å². The standard InChI is InChI=1S/C21H18N4O3/c1-12-11-22-18-16(20(27)25(3)21(28)24(18)2)17(12)23-19(26)15-9-8-13-6-4-5-7-14(13)10-15/h4-11H,1-3H3,(H,22,23,26). The molecule has 0 aliphatic heterocycles. The Bertz CT molecular complexity index is 1380. The fraction of sp³-hybridized carbons (Fsp3) is 0.143. The third-order valence-electron chi connectivity index (χ3n) is 4.91. The molecule has 1 N–H and O–H groups in total. The molecule has 2 aromatic carbocycles. The second kappa shape index (κ2) is 6.45. The van der Waals surface area contributed by atoms with Gasteiger partial charge in [-0.25, -0.2) is 9.78 Å². The molecule has 4 rings (SSSR count). The van der Waals surface area contributed by atoms with E-state index in [4.69, 9.17) is 0 Å². The van der Waals surface area contributed by atoms with Gasteiger partial charge >= 0.3 is 5.69 Å². The number of benzene rings is 2. The maximum Gasteiger partial charge on any atom is 0.332 e. The van der Waals surface area contributed by atoms with Crippen molar-refractivity contribution in [2.24, 2.45) is 14.1 Å². The number of nitrogens with zero attached hydrogens (tertiary/aromatic N) is 3. The average Bonchev–Trinajstić information content (AvgIpc) is 2.71. The van der Waals surface area contributed by atoms with E-state index in [2.05, 4.69) is 10.3 Å². The molecule has 2 aromatic heterocycles. The van der Waals surface area contributed by atoms with Crippen molar-refractivity contribution in [2.75, 3.05) is 5.32 Å². The molecular weight excluding hydrogens is 356 g/mol. The molecule has 0 atom stereocenters. The minimum absolute atomic E-state index is 0.207. The predicted molar refractivity (Wildman–Crippen MR) is 109 cm³/mol. The number of hydrogen-bond acceptors (Lipinski definition) is 4. The van der Waals surface area contributed by atoms with Crippen LogP contribution < -0.4 is 16.6 Å². The molecule has 4 aromatic rings. The van der Waals surface area contributed by atoms with E-state index in [9.17, 15) is 14.4 Å². The lowest BCUT2D eigenvalue weighted by Crippen LogP contribution is -2.37. The van der Waals surface area contributed by atoms with Gasteiger partial charge in [-0.05, 0) is 35.4 Å². The normalized spacial score (nSPS) is 11.1. The summed E-state index contributed by atoms with van der Waals surface area (Å²) in [7, 11) is 2.95. The van der Waals surface area contributed by atoms with Crippen LogP contribution >= 0.6 is 0 Å². The van der Waals surface area contributed by atoms with Gasteiger partial charge in [0.15, 0.2) is 5.65 Å². The van der Waals surface area contributed by atoms with Crippen LogP contribution in [0.15, 0.2) is 58.3 Å². The Morgan fingerprint density at radius 3 is 2.46 bits per heavy atom. The minimum Gasteiger partial charge on any atom is -0.321 e. The van der Waals surface area contributed by atoms with Crippen LogP contribution in [-0.2, 0) is 14.1 Å². The number of anilines is 1. The lowest BCUT2D eigenvalue weighted by molar-refractivity contribution is 0.102. The zero-order valence-corrected chi connectivity index (χ0v) is 15.7. The zero-order valence-electron chi connectivity index (χ0n) is 15.7. The van der Waals surface area contributed by atoms with Crippen molar-refractivity contribution in [3.63, 3.8) is 0 Å². The van der Waals surface area contributed by atoms with Gasteiger partial charge in [-0.2, -0.15) is 0 Å². The Morgan fingerprint density at radius 1 is 1.00 bits per heavy atom. The second-order valence-electron chi connectivity index (χ2n) is 6.74. The van der Waals surface area contributed by atoms with Gasteiger partial charge in [0.25, 0.3) is 11.5 Å². The summed E-state index contributed by atoms with van der Waals surface area (Å²) in [6.45, 7) is 1.76. The quantitative estimate of drug-likeness (QED) is 0.584. The predicted octanol–water partition coefficient (Wildman–Crippen LogP) is 2.35. The Kier molecular flexibility index (Phi) is 4.07. The minimum atomic E-state index is -0.497. The monoisotopic (exact) mass is 374 g/mol. The summed E-state index contributed by atoms with van der Waals surface area (Å²) in [5, 5.41) is 5.03. The molecule has 0 aliphatic rings. The fourth-order valence-corrected chi connectivity index (χ4v) is 3.30. The van der Waals surface area contributed by atoms with Crippen LogP contribution in [0.1, 0.15) is 15.9 Å². The molecule has 1 amide bonds. The number of pyridine rings is 1. The van der Waals surface area contributed by atoms with Crippen LogP contribution in [0.2, 0.25) is 0 Å². The Labute approximate surface area is 159 Å². The van der Waals surface area contributed by atoms with Crippen molar-refractivity contribution in [1.29, 1.82) is 0 Å². The maximum absolute atomic E-state index is 12.9. The van der Waals surface area contributed by atoms with Crippen LogP contribution in [-0.4, -0.2) is 20.0 Å². The van der Waals surface area contributed by atoms with Gasteiger partial charge in [0.2, 0.25) is 0 Å². The Balaban J connectivity index is 1.87. The molecule has 140 valence electrons. The Morgan fingerprint density at radius 2 is 1.71 bits per heavy atom. The highest BCUT2D eigenvalue weighted by molar-refractivity contribution is 6.10. The number of aromatic nitrogens is 3. The van der Waals surface area contributed by atoms with Gasteiger partial charge in [0, 0.05) is 25.9 Å². The molecule has 7 nitrogen and oxygen atoms in total. The summed E-state index contributed by atoms with van der Waals surface area (Å²) in [5.74, 6) is -0.336. The molecule has 0 unspecified atom stereocenters. The van der Waals surface area contributed by atoms with E-state index in [1.807, 2.05) is 30.3 Å². The molecule has 0 spiro atoms. The highest BCUT2D eigenvalue weighted by Gasteiger charge is 2.18. The first-order chi connectivity index (χ1) is 13.4. The number of carbonyl (C=O) groups excluding carboxylic acids is 1. The summed E-state index contributed by atoms with van der Waals surface area (Å²) in [4.78, 5) is 42.0. The molecule has 0 aliphatic carbocycles. The third-order valence-corrected chi connectivity index (χ3v) is 4.91. The zero-order chi connectivity index (χ0) is 20.0. The van der Waals surface area contributed by atoms with Gasteiger partial charge in [0.05, 0.1) is 5.69 Å². The second-order valence-corrected chi connectivity index (χ2v) is 6.74. The topological polar surface area (TPSA) is 86.0 Å². The first kappa shape index (κ1) is 17.7. The molecule has 0 radical (unpaired) electrons. The molecule has 0 saturated carbocycles. The van der Waals surface area contributed by atoms with E-state index >= 15 is 0 Å². The van der Waals surface area contributed by atoms with E-state index in [-0.39, 0.29) is 16.9 Å². The molecule has 28 heavy (non-hydrogen) atoms. The van der Waals surface area contributed by atoms with Crippen LogP contribution in [0.25, 0.3) is 21.8 Å². The molecule has 0 saturated heterocycles. The summed E-state index contributed by atoms with van der Waals surface area (Å²) in [5.41, 5.74) is 0.734. The highest BCUT2D eigenvalue weighted by atomic mass is 16.2. The number of hydrogen-bond donors (Lipinski definition) is 1. The highest BCUT2D eigenvalue weighted by Crippen LogP contribution is 2.23. The number of nitrogens with one attached hydrogen (secondary N) is 1. The summed E-state index contributed by atoms with van der Waals surface area (Å²) in [6, 6.07) is 13.2. The fourth-order valence-electron chi connectivity index (χ4n) is 3.30. The van der Waals surface area contributed by atoms with Gasteiger partial charge in [0.1, 0.15) is 5.39 Å². The van der Waals surface area contributed by atoms with Crippen LogP contribution in [0.4, 0.5) is 5.69 Å². The lowest BCUT2D eigenvalue weighted by Gasteiger charge is -2.14. The van der Waals surface area contributed by atoms with Crippen molar-refractivity contribution < 1.29 is 4.79 Å². The van der Waals surface area contributed by atoms with Crippen molar-refractivity contribution in [3.8, 4) is 0 Å². The summed E-state index contributed by atoms with van der Waals surface area (Å²) >= 11 is 0. The SMILES string of the molecule is Cc1cnc2c(c1NC(=O)c1ccc3ccccc3c1)c(=O)n(C)c(=O)n2C. The van der Waals surface area contributed by atoms with Crippen molar-refractivity contribution in [1.82, 2.24) is 14.1 Å². The molecule has 0 fully saturated rings. The molecule has 2 heterocycles. The lowest BCUT2D eigenvalue weighted by atomic mass is 10.1. The number of rotatable bonds is 2. The molecular formula is C21H18N4O3. The number of carbonyl (C=O) groups is 1. The van der Waals surface area contributed by atoms with Crippen LogP contribution in [0, 0.1) is 6.92 Å². The van der Waals surface area contributed by atoms with E-state index in [0.29, 0.717) is 16.8 Å². The van der Waals surface area contributed by atoms with E-state index < -0.39 is 11.2 Å². The van der Waals surface area contributed by atoms with Gasteiger partial charge < -0.3 is 5.32 Å². The van der Waals surface area contributed by atoms with E-state index in [0.717, 1.165) is 15.3 Å². The number of fused-ring (bicyclic) bond motifs is 2. The first-order valence-corrected chi connectivity index (χ1v) is 8.74. The largest absolute Gasteiger partial charge is 0.332 e. The van der Waals surface area contributed by atoms with Gasteiger partial charge in [-0.15, -0.1) is 0 Å². The van der Waals surface area contributed by atoms with Crippen molar-refractivity contribution in [3.05, 3.63) is 80.6 Å². The van der Waals surface area contributed by atoms with E-state index in [1.54, 1.807) is 26.1 Å².